The molecule has 0 fully saturated rings. The SMILES string of the molecule is NCc1cccc(CS(=O)(=O)NCc2ccc(Br)s2)c1. The standard InChI is InChI=1S/C13H15BrN2O2S2/c14-13-5-4-12(19-13)8-16-20(17,18)9-11-3-1-2-10(6-11)7-15/h1-6,16H,7-9,15H2. The summed E-state index contributed by atoms with van der Waals surface area (Å²) in [7, 11) is -3.35. The Balaban J connectivity index is 1.99. The fourth-order valence-corrected chi connectivity index (χ4v) is 4.35. The van der Waals surface area contributed by atoms with Crippen molar-refractivity contribution >= 4 is 37.3 Å². The molecule has 2 rings (SSSR count). The molecular weight excluding hydrogens is 360 g/mol. The monoisotopic (exact) mass is 374 g/mol. The molecule has 3 N–H and O–H groups in total. The second-order valence-corrected chi connectivity index (χ2v) is 8.66. The first-order valence-corrected chi connectivity index (χ1v) is 9.24. The van der Waals surface area contributed by atoms with Gasteiger partial charge in [-0.3, -0.25) is 0 Å². The number of nitrogens with one attached hydrogen (secondary N) is 1. The van der Waals surface area contributed by atoms with E-state index in [2.05, 4.69) is 20.7 Å². The Hall–Kier alpha value is -0.730. The van der Waals surface area contributed by atoms with Crippen LogP contribution in [0.3, 0.4) is 0 Å². The van der Waals surface area contributed by atoms with Crippen LogP contribution < -0.4 is 10.5 Å². The van der Waals surface area contributed by atoms with E-state index in [1.54, 1.807) is 6.07 Å². The summed E-state index contributed by atoms with van der Waals surface area (Å²) in [5, 5.41) is 0. The number of rotatable bonds is 6. The van der Waals surface area contributed by atoms with Gasteiger partial charge >= 0.3 is 0 Å². The van der Waals surface area contributed by atoms with Gasteiger partial charge in [0.25, 0.3) is 0 Å². The van der Waals surface area contributed by atoms with Crippen LogP contribution in [-0.4, -0.2) is 8.42 Å². The second-order valence-electron chi connectivity index (χ2n) is 4.31. The number of benzene rings is 1. The van der Waals surface area contributed by atoms with E-state index < -0.39 is 10.0 Å². The molecular formula is C13H15BrN2O2S2. The van der Waals surface area contributed by atoms with E-state index in [0.717, 1.165) is 19.8 Å². The van der Waals surface area contributed by atoms with Crippen LogP contribution in [0.5, 0.6) is 0 Å². The van der Waals surface area contributed by atoms with E-state index in [9.17, 15) is 8.42 Å². The maximum atomic E-state index is 12.0. The first-order valence-electron chi connectivity index (χ1n) is 5.98. The summed E-state index contributed by atoms with van der Waals surface area (Å²) in [5.41, 5.74) is 7.23. The lowest BCUT2D eigenvalue weighted by Crippen LogP contribution is -2.24. The molecule has 0 saturated heterocycles. The zero-order valence-electron chi connectivity index (χ0n) is 10.7. The van der Waals surface area contributed by atoms with E-state index in [1.807, 2.05) is 30.3 Å². The third kappa shape index (κ3) is 4.68. The van der Waals surface area contributed by atoms with Crippen LogP contribution in [0.2, 0.25) is 0 Å². The van der Waals surface area contributed by atoms with Crippen molar-refractivity contribution in [2.24, 2.45) is 5.73 Å². The van der Waals surface area contributed by atoms with E-state index >= 15 is 0 Å². The normalized spacial score (nSPS) is 11.7. The zero-order chi connectivity index (χ0) is 14.6. The molecule has 0 spiro atoms. The van der Waals surface area contributed by atoms with E-state index in [1.165, 1.54) is 11.3 Å². The van der Waals surface area contributed by atoms with Crippen LogP contribution >= 0.6 is 27.3 Å². The highest BCUT2D eigenvalue weighted by atomic mass is 79.9. The smallest absolute Gasteiger partial charge is 0.216 e. The number of halogens is 1. The highest BCUT2D eigenvalue weighted by Crippen LogP contribution is 2.22. The van der Waals surface area contributed by atoms with Gasteiger partial charge in [0, 0.05) is 18.0 Å². The van der Waals surface area contributed by atoms with Crippen molar-refractivity contribution in [3.8, 4) is 0 Å². The lowest BCUT2D eigenvalue weighted by Gasteiger charge is -2.07. The molecule has 0 amide bonds. The van der Waals surface area contributed by atoms with Crippen LogP contribution in [0, 0.1) is 0 Å². The molecule has 1 aromatic heterocycles. The molecule has 0 unspecified atom stereocenters. The van der Waals surface area contributed by atoms with Crippen LogP contribution in [0.1, 0.15) is 16.0 Å². The molecule has 0 radical (unpaired) electrons. The summed E-state index contributed by atoms with van der Waals surface area (Å²) in [6, 6.07) is 11.1. The third-order valence-corrected chi connectivity index (χ3v) is 5.60. The Kier molecular flexibility index (Phi) is 5.34. The van der Waals surface area contributed by atoms with Crippen LogP contribution in [-0.2, 0) is 28.9 Å². The molecule has 1 heterocycles. The van der Waals surface area contributed by atoms with Gasteiger partial charge in [0.15, 0.2) is 0 Å². The van der Waals surface area contributed by atoms with Crippen LogP contribution in [0.25, 0.3) is 0 Å². The average Bonchev–Trinajstić information content (AvgIpc) is 2.82. The first kappa shape index (κ1) is 15.7. The summed E-state index contributed by atoms with van der Waals surface area (Å²) in [5.74, 6) is -0.0343. The zero-order valence-corrected chi connectivity index (χ0v) is 13.9. The summed E-state index contributed by atoms with van der Waals surface area (Å²) < 4.78 is 27.7. The van der Waals surface area contributed by atoms with E-state index in [4.69, 9.17) is 5.73 Å². The second kappa shape index (κ2) is 6.82. The Bertz CT molecular complexity index is 683. The predicted molar refractivity (Wildman–Crippen MR) is 85.8 cm³/mol. The summed E-state index contributed by atoms with van der Waals surface area (Å²) >= 11 is 4.87. The van der Waals surface area contributed by atoms with Crippen LogP contribution in [0.4, 0.5) is 0 Å². The minimum absolute atomic E-state index is 0.0343. The Morgan fingerprint density at radius 3 is 2.60 bits per heavy atom. The molecule has 1 aromatic carbocycles. The highest BCUT2D eigenvalue weighted by molar-refractivity contribution is 9.11. The van der Waals surface area contributed by atoms with Crippen molar-refractivity contribution in [3.05, 3.63) is 56.2 Å². The highest BCUT2D eigenvalue weighted by Gasteiger charge is 2.12. The Morgan fingerprint density at radius 1 is 1.20 bits per heavy atom. The largest absolute Gasteiger partial charge is 0.326 e. The molecule has 0 aliphatic heterocycles. The quantitative estimate of drug-likeness (QED) is 0.815. The van der Waals surface area contributed by atoms with Gasteiger partial charge in [-0.15, -0.1) is 11.3 Å². The van der Waals surface area contributed by atoms with Crippen molar-refractivity contribution in [1.82, 2.24) is 4.72 Å². The molecule has 0 bridgehead atoms. The molecule has 2 aromatic rings. The Labute approximate surface area is 131 Å². The van der Waals surface area contributed by atoms with Gasteiger partial charge in [-0.1, -0.05) is 24.3 Å². The summed E-state index contributed by atoms with van der Waals surface area (Å²) in [4.78, 5) is 0.969. The minimum Gasteiger partial charge on any atom is -0.326 e. The van der Waals surface area contributed by atoms with Gasteiger partial charge < -0.3 is 5.73 Å². The minimum atomic E-state index is -3.35. The van der Waals surface area contributed by atoms with Gasteiger partial charge in [-0.2, -0.15) is 0 Å². The molecule has 108 valence electrons. The van der Waals surface area contributed by atoms with Gasteiger partial charge in [0.05, 0.1) is 9.54 Å². The molecule has 0 atom stereocenters. The van der Waals surface area contributed by atoms with Gasteiger partial charge in [0.2, 0.25) is 10.0 Å². The molecule has 7 heteroatoms. The van der Waals surface area contributed by atoms with Gasteiger partial charge in [-0.25, -0.2) is 13.1 Å². The molecule has 0 aliphatic rings. The lowest BCUT2D eigenvalue weighted by molar-refractivity contribution is 0.581. The predicted octanol–water partition coefficient (Wildman–Crippen LogP) is 2.59. The van der Waals surface area contributed by atoms with Crippen molar-refractivity contribution in [2.75, 3.05) is 0 Å². The Morgan fingerprint density at radius 2 is 1.95 bits per heavy atom. The van der Waals surface area contributed by atoms with E-state index in [0.29, 0.717) is 13.1 Å². The number of thiophene rings is 1. The lowest BCUT2D eigenvalue weighted by atomic mass is 10.1. The average molecular weight is 375 g/mol. The molecule has 20 heavy (non-hydrogen) atoms. The molecule has 0 aliphatic carbocycles. The molecule has 0 saturated carbocycles. The van der Waals surface area contributed by atoms with E-state index in [-0.39, 0.29) is 5.75 Å². The fraction of sp³-hybridized carbons (Fsp3) is 0.231. The van der Waals surface area contributed by atoms with Crippen molar-refractivity contribution in [1.29, 1.82) is 0 Å². The van der Waals surface area contributed by atoms with Crippen LogP contribution in [0.15, 0.2) is 40.2 Å². The maximum absolute atomic E-state index is 12.0. The third-order valence-electron chi connectivity index (χ3n) is 2.68. The first-order chi connectivity index (χ1) is 9.48. The number of hydrogen-bond donors (Lipinski definition) is 2. The van der Waals surface area contributed by atoms with Crippen molar-refractivity contribution in [2.45, 2.75) is 18.8 Å². The van der Waals surface area contributed by atoms with Gasteiger partial charge in [0.1, 0.15) is 0 Å². The fourth-order valence-electron chi connectivity index (χ4n) is 1.74. The number of hydrogen-bond acceptors (Lipinski definition) is 4. The number of nitrogens with two attached hydrogens (primary N) is 1. The maximum Gasteiger partial charge on any atom is 0.216 e. The topological polar surface area (TPSA) is 72.2 Å². The van der Waals surface area contributed by atoms with Crippen molar-refractivity contribution < 1.29 is 8.42 Å². The number of sulfonamides is 1. The summed E-state index contributed by atoms with van der Waals surface area (Å²) in [6.45, 7) is 0.722. The van der Waals surface area contributed by atoms with Crippen molar-refractivity contribution in [3.63, 3.8) is 0 Å². The summed E-state index contributed by atoms with van der Waals surface area (Å²) in [6.07, 6.45) is 0. The van der Waals surface area contributed by atoms with Gasteiger partial charge in [-0.05, 0) is 39.2 Å². The molecule has 4 nitrogen and oxygen atoms in total.